The number of fused-ring (bicyclic) bond motifs is 1. The van der Waals surface area contributed by atoms with Gasteiger partial charge in [0.05, 0.1) is 0 Å². The first-order chi connectivity index (χ1) is 7.33. The molecular formula is C10H7IN2OS. The van der Waals surface area contributed by atoms with Gasteiger partial charge >= 0.3 is 0 Å². The van der Waals surface area contributed by atoms with Gasteiger partial charge in [0.2, 0.25) is 3.83 Å². The van der Waals surface area contributed by atoms with Gasteiger partial charge in [-0.15, -0.1) is 0 Å². The van der Waals surface area contributed by atoms with Crippen LogP contribution < -0.4 is 4.74 Å². The van der Waals surface area contributed by atoms with E-state index >= 15 is 0 Å². The van der Waals surface area contributed by atoms with Crippen molar-refractivity contribution >= 4 is 34.1 Å². The Hall–Kier alpha value is -0.690. The number of ether oxygens (including phenoxy) is 1. The van der Waals surface area contributed by atoms with Gasteiger partial charge in [-0.05, 0) is 23.2 Å². The van der Waals surface area contributed by atoms with E-state index in [0.717, 1.165) is 21.0 Å². The predicted octanol–water partition coefficient (Wildman–Crippen LogP) is 2.82. The van der Waals surface area contributed by atoms with E-state index in [1.165, 1.54) is 17.1 Å². The summed E-state index contributed by atoms with van der Waals surface area (Å²) in [6.07, 6.45) is 0.963. The molecule has 0 saturated carbocycles. The third-order valence-electron chi connectivity index (χ3n) is 2.34. The normalized spacial score (nSPS) is 18.6. The molecule has 1 atom stereocenters. The van der Waals surface area contributed by atoms with Gasteiger partial charge in [-0.3, -0.25) is 0 Å². The van der Waals surface area contributed by atoms with Crippen LogP contribution in [0, 0.1) is 3.83 Å². The van der Waals surface area contributed by atoms with Crippen molar-refractivity contribution in [3.05, 3.63) is 38.7 Å². The van der Waals surface area contributed by atoms with Gasteiger partial charge in [0.25, 0.3) is 0 Å². The van der Waals surface area contributed by atoms with Crippen molar-refractivity contribution in [2.24, 2.45) is 0 Å². The first-order valence-corrected chi connectivity index (χ1v) is 6.42. The number of para-hydroxylation sites is 1. The van der Waals surface area contributed by atoms with E-state index in [-0.39, 0.29) is 6.10 Å². The average molecular weight is 330 g/mol. The Kier molecular flexibility index (Phi) is 2.36. The van der Waals surface area contributed by atoms with Crippen LogP contribution in [0.5, 0.6) is 5.75 Å². The molecule has 0 N–H and O–H groups in total. The fraction of sp³-hybridized carbons (Fsp3) is 0.200. The van der Waals surface area contributed by atoms with Crippen molar-refractivity contribution < 1.29 is 4.74 Å². The molecule has 76 valence electrons. The fourth-order valence-electron chi connectivity index (χ4n) is 1.67. The van der Waals surface area contributed by atoms with Crippen LogP contribution in [0.4, 0.5) is 0 Å². The number of halogens is 1. The van der Waals surface area contributed by atoms with Crippen LogP contribution >= 0.6 is 34.1 Å². The molecule has 0 saturated heterocycles. The summed E-state index contributed by atoms with van der Waals surface area (Å²) in [4.78, 5) is 4.34. The Morgan fingerprint density at radius 1 is 1.40 bits per heavy atom. The van der Waals surface area contributed by atoms with E-state index in [2.05, 4.69) is 38.0 Å². The summed E-state index contributed by atoms with van der Waals surface area (Å²) in [6.45, 7) is 0. The topological polar surface area (TPSA) is 35.0 Å². The zero-order valence-corrected chi connectivity index (χ0v) is 10.7. The maximum Gasteiger partial charge on any atom is 0.203 e. The summed E-state index contributed by atoms with van der Waals surface area (Å²) < 4.78 is 10.8. The molecule has 0 fully saturated rings. The van der Waals surface area contributed by atoms with Crippen molar-refractivity contribution in [3.8, 4) is 5.75 Å². The Labute approximate surface area is 105 Å². The largest absolute Gasteiger partial charge is 0.483 e. The SMILES string of the molecule is Ic1nsc(C2Cc3ccccc3O2)n1. The highest BCUT2D eigenvalue weighted by Crippen LogP contribution is 2.36. The lowest BCUT2D eigenvalue weighted by atomic mass is 10.1. The van der Waals surface area contributed by atoms with Gasteiger partial charge in [-0.25, -0.2) is 4.98 Å². The minimum absolute atomic E-state index is 0.0587. The molecule has 0 radical (unpaired) electrons. The average Bonchev–Trinajstić information content (AvgIpc) is 2.82. The maximum absolute atomic E-state index is 5.81. The van der Waals surface area contributed by atoms with Crippen LogP contribution in [0.2, 0.25) is 0 Å². The molecule has 1 aromatic carbocycles. The standard InChI is InChI=1S/C10H7IN2OS/c11-10-12-9(15-13-10)8-5-6-3-1-2-4-7(6)14-8/h1-4,8H,5H2. The number of hydrogen-bond donors (Lipinski definition) is 0. The van der Waals surface area contributed by atoms with Gasteiger partial charge in [0, 0.05) is 29.0 Å². The predicted molar refractivity (Wildman–Crippen MR) is 66.1 cm³/mol. The van der Waals surface area contributed by atoms with E-state index in [1.807, 2.05) is 18.2 Å². The van der Waals surface area contributed by atoms with E-state index in [9.17, 15) is 0 Å². The lowest BCUT2D eigenvalue weighted by Gasteiger charge is -2.05. The number of benzene rings is 1. The molecule has 15 heavy (non-hydrogen) atoms. The molecular weight excluding hydrogens is 323 g/mol. The molecule has 1 aliphatic rings. The summed E-state index contributed by atoms with van der Waals surface area (Å²) >= 11 is 3.54. The number of hydrogen-bond acceptors (Lipinski definition) is 4. The summed E-state index contributed by atoms with van der Waals surface area (Å²) in [6, 6.07) is 8.13. The highest BCUT2D eigenvalue weighted by atomic mass is 127. The molecule has 2 aromatic rings. The molecule has 5 heteroatoms. The van der Waals surface area contributed by atoms with Crippen molar-refractivity contribution in [1.29, 1.82) is 0 Å². The number of aromatic nitrogens is 2. The quantitative estimate of drug-likeness (QED) is 0.754. The molecule has 1 unspecified atom stereocenters. The molecule has 3 rings (SSSR count). The van der Waals surface area contributed by atoms with Gasteiger partial charge in [-0.1, -0.05) is 18.2 Å². The third kappa shape index (κ3) is 1.74. The molecule has 0 spiro atoms. The van der Waals surface area contributed by atoms with Crippen LogP contribution in [-0.4, -0.2) is 9.36 Å². The second-order valence-corrected chi connectivity index (χ2v) is 5.07. The molecule has 0 aliphatic carbocycles. The van der Waals surface area contributed by atoms with Gasteiger partial charge < -0.3 is 4.74 Å². The fourth-order valence-corrected chi connectivity index (χ4v) is 2.97. The van der Waals surface area contributed by atoms with Crippen LogP contribution in [0.3, 0.4) is 0 Å². The summed E-state index contributed by atoms with van der Waals surface area (Å²) in [7, 11) is 0. The van der Waals surface area contributed by atoms with Crippen LogP contribution in [0.15, 0.2) is 24.3 Å². The van der Waals surface area contributed by atoms with Gasteiger partial charge in [-0.2, -0.15) is 4.37 Å². The molecule has 2 heterocycles. The van der Waals surface area contributed by atoms with Crippen LogP contribution in [-0.2, 0) is 6.42 Å². The molecule has 0 bridgehead atoms. The zero-order chi connectivity index (χ0) is 10.3. The zero-order valence-electron chi connectivity index (χ0n) is 7.68. The minimum Gasteiger partial charge on any atom is -0.483 e. The summed E-state index contributed by atoms with van der Waals surface area (Å²) in [5.41, 5.74) is 1.26. The Morgan fingerprint density at radius 3 is 3.00 bits per heavy atom. The van der Waals surface area contributed by atoms with Crippen LogP contribution in [0.1, 0.15) is 16.7 Å². The first kappa shape index (κ1) is 9.53. The van der Waals surface area contributed by atoms with E-state index < -0.39 is 0 Å². The van der Waals surface area contributed by atoms with Crippen molar-refractivity contribution in [1.82, 2.24) is 9.36 Å². The smallest absolute Gasteiger partial charge is 0.203 e. The Balaban J connectivity index is 1.90. The molecule has 3 nitrogen and oxygen atoms in total. The Morgan fingerprint density at radius 2 is 2.27 bits per heavy atom. The van der Waals surface area contributed by atoms with Crippen LogP contribution in [0.25, 0.3) is 0 Å². The van der Waals surface area contributed by atoms with E-state index in [0.29, 0.717) is 0 Å². The van der Waals surface area contributed by atoms with Crippen molar-refractivity contribution in [3.63, 3.8) is 0 Å². The Bertz CT molecular complexity index is 475. The minimum atomic E-state index is 0.0587. The highest BCUT2D eigenvalue weighted by Gasteiger charge is 2.26. The monoisotopic (exact) mass is 330 g/mol. The number of nitrogens with zero attached hydrogens (tertiary/aromatic N) is 2. The summed E-state index contributed by atoms with van der Waals surface area (Å²) in [5, 5.41) is 0.968. The van der Waals surface area contributed by atoms with Gasteiger partial charge in [0.15, 0.2) is 11.1 Å². The second kappa shape index (κ2) is 3.71. The van der Waals surface area contributed by atoms with E-state index in [4.69, 9.17) is 4.74 Å². The molecule has 1 aliphatic heterocycles. The van der Waals surface area contributed by atoms with Crippen molar-refractivity contribution in [2.45, 2.75) is 12.5 Å². The van der Waals surface area contributed by atoms with Gasteiger partial charge in [0.1, 0.15) is 5.75 Å². The molecule has 0 amide bonds. The van der Waals surface area contributed by atoms with Crippen molar-refractivity contribution in [2.75, 3.05) is 0 Å². The highest BCUT2D eigenvalue weighted by molar-refractivity contribution is 14.1. The lowest BCUT2D eigenvalue weighted by Crippen LogP contribution is -2.02. The third-order valence-corrected chi connectivity index (χ3v) is 3.95. The first-order valence-electron chi connectivity index (χ1n) is 4.56. The molecule has 1 aromatic heterocycles. The lowest BCUT2D eigenvalue weighted by molar-refractivity contribution is 0.238. The summed E-state index contributed by atoms with van der Waals surface area (Å²) in [5.74, 6) is 0.979. The maximum atomic E-state index is 5.81. The van der Waals surface area contributed by atoms with E-state index in [1.54, 1.807) is 0 Å². The number of rotatable bonds is 1. The second-order valence-electron chi connectivity index (χ2n) is 3.32.